The van der Waals surface area contributed by atoms with E-state index < -0.39 is 20.2 Å². The first kappa shape index (κ1) is 18.8. The maximum absolute atomic E-state index is 6.29. The molecule has 2 aromatic rings. The predicted molar refractivity (Wildman–Crippen MR) is 104 cm³/mol. The number of benzene rings is 1. The van der Waals surface area contributed by atoms with Gasteiger partial charge in [-0.3, -0.25) is 5.10 Å². The van der Waals surface area contributed by atoms with Gasteiger partial charge in [-0.1, -0.05) is 50.0 Å². The van der Waals surface area contributed by atoms with Crippen LogP contribution in [0, 0.1) is 0 Å². The molecule has 3 heterocycles. The number of rotatable bonds is 5. The second-order valence-electron chi connectivity index (χ2n) is 8.74. The molecule has 2 aliphatic heterocycles. The maximum Gasteiger partial charge on any atom is 0.190 e. The molecular formula is C20H28N2O4Si. The first-order valence-electron chi connectivity index (χ1n) is 9.45. The SMILES string of the molecule is CC1(C)O[C@H]2O[C@H](c3cc([Si](C)(C)C)n[nH]3)[C@H](OCc3ccccc3)[C@H]2O1. The van der Waals surface area contributed by atoms with Gasteiger partial charge in [0.05, 0.1) is 12.3 Å². The van der Waals surface area contributed by atoms with Crippen molar-refractivity contribution in [3.8, 4) is 0 Å². The minimum absolute atomic E-state index is 0.271. The van der Waals surface area contributed by atoms with Crippen LogP contribution in [0.4, 0.5) is 0 Å². The summed E-state index contributed by atoms with van der Waals surface area (Å²) in [6.45, 7) is 11.1. The van der Waals surface area contributed by atoms with E-state index in [4.69, 9.17) is 18.9 Å². The Morgan fingerprint density at radius 3 is 2.56 bits per heavy atom. The average molecular weight is 389 g/mol. The molecule has 2 saturated heterocycles. The smallest absolute Gasteiger partial charge is 0.190 e. The third-order valence-electron chi connectivity index (χ3n) is 4.95. The normalized spacial score (nSPS) is 29.8. The van der Waals surface area contributed by atoms with Crippen molar-refractivity contribution in [2.75, 3.05) is 0 Å². The molecule has 0 aliphatic carbocycles. The summed E-state index contributed by atoms with van der Waals surface area (Å²) in [7, 11) is -1.51. The van der Waals surface area contributed by atoms with Crippen molar-refractivity contribution in [2.24, 2.45) is 0 Å². The lowest BCUT2D eigenvalue weighted by molar-refractivity contribution is -0.220. The van der Waals surface area contributed by atoms with E-state index in [0.29, 0.717) is 6.61 Å². The van der Waals surface area contributed by atoms with Gasteiger partial charge in [0.25, 0.3) is 0 Å². The Balaban J connectivity index is 1.57. The zero-order valence-electron chi connectivity index (χ0n) is 16.6. The molecule has 7 heteroatoms. The van der Waals surface area contributed by atoms with E-state index in [1.807, 2.05) is 32.0 Å². The van der Waals surface area contributed by atoms with Crippen LogP contribution >= 0.6 is 0 Å². The topological polar surface area (TPSA) is 65.6 Å². The summed E-state index contributed by atoms with van der Waals surface area (Å²) in [6.07, 6.45) is -1.28. The summed E-state index contributed by atoms with van der Waals surface area (Å²) in [4.78, 5) is 0. The summed E-state index contributed by atoms with van der Waals surface area (Å²) in [5.74, 6) is -0.674. The van der Waals surface area contributed by atoms with E-state index in [9.17, 15) is 0 Å². The minimum Gasteiger partial charge on any atom is -0.367 e. The molecule has 146 valence electrons. The summed E-state index contributed by atoms with van der Waals surface area (Å²) in [5.41, 5.74) is 2.04. The quantitative estimate of drug-likeness (QED) is 0.798. The van der Waals surface area contributed by atoms with E-state index in [2.05, 4.69) is 48.0 Å². The summed E-state index contributed by atoms with van der Waals surface area (Å²) >= 11 is 0. The molecule has 1 aromatic carbocycles. The van der Waals surface area contributed by atoms with Crippen molar-refractivity contribution >= 4 is 13.4 Å². The fourth-order valence-electron chi connectivity index (χ4n) is 3.54. The van der Waals surface area contributed by atoms with Crippen LogP contribution in [0.25, 0.3) is 0 Å². The molecule has 4 rings (SSSR count). The largest absolute Gasteiger partial charge is 0.367 e. The van der Waals surface area contributed by atoms with Crippen molar-refractivity contribution in [3.05, 3.63) is 47.7 Å². The van der Waals surface area contributed by atoms with Gasteiger partial charge in [0, 0.05) is 5.32 Å². The van der Waals surface area contributed by atoms with Crippen LogP contribution in [0.5, 0.6) is 0 Å². The Morgan fingerprint density at radius 2 is 1.89 bits per heavy atom. The lowest BCUT2D eigenvalue weighted by atomic mass is 10.1. The van der Waals surface area contributed by atoms with Crippen LogP contribution in [-0.4, -0.2) is 42.6 Å². The van der Waals surface area contributed by atoms with Crippen LogP contribution in [0.1, 0.15) is 31.2 Å². The molecule has 0 saturated carbocycles. The number of hydrogen-bond acceptors (Lipinski definition) is 5. The van der Waals surface area contributed by atoms with Crippen molar-refractivity contribution in [1.82, 2.24) is 10.2 Å². The molecule has 0 unspecified atom stereocenters. The molecule has 0 radical (unpaired) electrons. The highest BCUT2D eigenvalue weighted by atomic mass is 28.3. The van der Waals surface area contributed by atoms with Crippen LogP contribution < -0.4 is 5.32 Å². The van der Waals surface area contributed by atoms with Gasteiger partial charge in [-0.15, -0.1) is 0 Å². The Morgan fingerprint density at radius 1 is 1.15 bits per heavy atom. The molecule has 6 nitrogen and oxygen atoms in total. The highest BCUT2D eigenvalue weighted by molar-refractivity contribution is 6.88. The fourth-order valence-corrected chi connectivity index (χ4v) is 4.52. The van der Waals surface area contributed by atoms with Crippen LogP contribution in [0.3, 0.4) is 0 Å². The van der Waals surface area contributed by atoms with Gasteiger partial charge in [-0.2, -0.15) is 5.10 Å². The van der Waals surface area contributed by atoms with E-state index in [1.165, 1.54) is 0 Å². The second-order valence-corrected chi connectivity index (χ2v) is 13.8. The van der Waals surface area contributed by atoms with Gasteiger partial charge in [0.15, 0.2) is 12.1 Å². The van der Waals surface area contributed by atoms with E-state index >= 15 is 0 Å². The molecule has 1 aromatic heterocycles. The van der Waals surface area contributed by atoms with Crippen molar-refractivity contribution in [1.29, 1.82) is 0 Å². The summed E-state index contributed by atoms with van der Waals surface area (Å²) in [5, 5.41) is 8.81. The van der Waals surface area contributed by atoms with E-state index in [0.717, 1.165) is 16.6 Å². The third kappa shape index (κ3) is 3.88. The van der Waals surface area contributed by atoms with Gasteiger partial charge in [-0.25, -0.2) is 0 Å². The standard InChI is InChI=1S/C20H28N2O4Si/c1-20(2)25-18-17(23-12-13-9-7-6-8-10-13)16(24-19(18)26-20)14-11-15(22-21-14)27(3,4)5/h6-11,16-19H,12H2,1-5H3,(H,21,22)/t16-,17+,18-,19-/m1/s1. The van der Waals surface area contributed by atoms with E-state index in [1.54, 1.807) is 0 Å². The Bertz CT molecular complexity index is 787. The molecule has 4 atom stereocenters. The van der Waals surface area contributed by atoms with Crippen molar-refractivity contribution < 1.29 is 18.9 Å². The van der Waals surface area contributed by atoms with Crippen LogP contribution in [0.15, 0.2) is 36.4 Å². The van der Waals surface area contributed by atoms with Crippen LogP contribution in [-0.2, 0) is 25.6 Å². The zero-order chi connectivity index (χ0) is 19.2. The summed E-state index contributed by atoms with van der Waals surface area (Å²) in [6, 6.07) is 12.2. The number of aromatic amines is 1. The Labute approximate surface area is 161 Å². The van der Waals surface area contributed by atoms with Gasteiger partial charge >= 0.3 is 0 Å². The number of ether oxygens (including phenoxy) is 4. The number of nitrogens with zero attached hydrogens (tertiary/aromatic N) is 1. The molecule has 27 heavy (non-hydrogen) atoms. The first-order chi connectivity index (χ1) is 12.7. The van der Waals surface area contributed by atoms with Gasteiger partial charge in [0.1, 0.15) is 26.4 Å². The van der Waals surface area contributed by atoms with Crippen LogP contribution in [0.2, 0.25) is 19.6 Å². The monoisotopic (exact) mass is 388 g/mol. The second kappa shape index (κ2) is 6.83. The maximum atomic E-state index is 6.29. The summed E-state index contributed by atoms with van der Waals surface area (Å²) < 4.78 is 24.5. The third-order valence-corrected chi connectivity index (χ3v) is 6.74. The number of H-pyrrole nitrogens is 1. The number of nitrogens with one attached hydrogen (secondary N) is 1. The van der Waals surface area contributed by atoms with Crippen molar-refractivity contribution in [2.45, 2.75) is 70.5 Å². The molecule has 0 spiro atoms. The molecule has 0 bridgehead atoms. The van der Waals surface area contributed by atoms with Gasteiger partial charge < -0.3 is 18.9 Å². The molecular weight excluding hydrogens is 360 g/mol. The molecule has 2 fully saturated rings. The fraction of sp³-hybridized carbons (Fsp3) is 0.550. The van der Waals surface area contributed by atoms with Gasteiger partial charge in [0.2, 0.25) is 0 Å². The molecule has 1 N–H and O–H groups in total. The Hall–Kier alpha value is -1.51. The molecule has 0 amide bonds. The Kier molecular flexibility index (Phi) is 4.76. The number of hydrogen-bond donors (Lipinski definition) is 1. The van der Waals surface area contributed by atoms with Crippen molar-refractivity contribution in [3.63, 3.8) is 0 Å². The average Bonchev–Trinajstić information content (AvgIpc) is 3.26. The lowest BCUT2D eigenvalue weighted by Crippen LogP contribution is -2.38. The predicted octanol–water partition coefficient (Wildman–Crippen LogP) is 3.09. The van der Waals surface area contributed by atoms with E-state index in [-0.39, 0.29) is 18.3 Å². The molecule has 2 aliphatic rings. The minimum atomic E-state index is -1.51. The highest BCUT2D eigenvalue weighted by Crippen LogP contribution is 2.44. The lowest BCUT2D eigenvalue weighted by Gasteiger charge is -2.25. The number of fused-ring (bicyclic) bond motifs is 1. The number of aromatic nitrogens is 2. The van der Waals surface area contributed by atoms with Gasteiger partial charge in [-0.05, 0) is 25.5 Å². The zero-order valence-corrected chi connectivity index (χ0v) is 17.6. The highest BCUT2D eigenvalue weighted by Gasteiger charge is 2.56. The first-order valence-corrected chi connectivity index (χ1v) is 13.0.